The lowest BCUT2D eigenvalue weighted by atomic mass is 10.1. The highest BCUT2D eigenvalue weighted by atomic mass is 16.5. The van der Waals surface area contributed by atoms with E-state index in [2.05, 4.69) is 4.74 Å². The fourth-order valence-electron chi connectivity index (χ4n) is 0.948. The molecule has 0 heterocycles. The number of rotatable bonds is 1. The Bertz CT molecular complexity index is 420. The predicted molar refractivity (Wildman–Crippen MR) is 45.8 cm³/mol. The van der Waals surface area contributed by atoms with E-state index in [0.717, 1.165) is 19.2 Å². The van der Waals surface area contributed by atoms with Gasteiger partial charge in [-0.15, -0.1) is 0 Å². The number of carbonyl (C=O) groups excluding carboxylic acids is 1. The first-order valence-corrected chi connectivity index (χ1v) is 3.64. The fraction of sp³-hybridized carbons (Fsp3) is 0.111. The van der Waals surface area contributed by atoms with Crippen molar-refractivity contribution in [3.05, 3.63) is 23.3 Å². The summed E-state index contributed by atoms with van der Waals surface area (Å²) in [6.07, 6.45) is 0. The van der Waals surface area contributed by atoms with Gasteiger partial charge in [-0.1, -0.05) is 0 Å². The maximum Gasteiger partial charge on any atom is 0.339 e. The molecule has 0 unspecified atom stereocenters. The summed E-state index contributed by atoms with van der Waals surface area (Å²) in [5.41, 5.74) is -0.127. The Morgan fingerprint density at radius 1 is 1.43 bits per heavy atom. The third-order valence-corrected chi connectivity index (χ3v) is 1.64. The summed E-state index contributed by atoms with van der Waals surface area (Å²) in [4.78, 5) is 11.1. The molecule has 1 rings (SSSR count). The number of esters is 1. The molecule has 0 saturated carbocycles. The summed E-state index contributed by atoms with van der Waals surface area (Å²) in [6.45, 7) is 0. The molecule has 72 valence electrons. The normalized spacial score (nSPS) is 9.14. The highest BCUT2D eigenvalue weighted by Gasteiger charge is 2.15. The van der Waals surface area contributed by atoms with Gasteiger partial charge in [0.1, 0.15) is 6.07 Å². The Hall–Kier alpha value is -2.22. The number of benzene rings is 1. The van der Waals surface area contributed by atoms with Gasteiger partial charge in [-0.25, -0.2) is 4.79 Å². The summed E-state index contributed by atoms with van der Waals surface area (Å²) in [5, 5.41) is 26.8. The number of methoxy groups -OCH3 is 1. The van der Waals surface area contributed by atoms with E-state index in [1.807, 2.05) is 0 Å². The maximum absolute atomic E-state index is 11.1. The minimum absolute atomic E-state index is 0.0489. The fourth-order valence-corrected chi connectivity index (χ4v) is 0.948. The van der Waals surface area contributed by atoms with Gasteiger partial charge >= 0.3 is 5.97 Å². The van der Waals surface area contributed by atoms with E-state index in [0.29, 0.717) is 0 Å². The lowest BCUT2D eigenvalue weighted by Crippen LogP contribution is -2.03. The molecule has 0 bridgehead atoms. The molecular weight excluding hydrogens is 186 g/mol. The summed E-state index contributed by atoms with van der Waals surface area (Å²) in [7, 11) is 1.16. The highest BCUT2D eigenvalue weighted by Crippen LogP contribution is 2.28. The van der Waals surface area contributed by atoms with Crippen LogP contribution in [0.3, 0.4) is 0 Å². The molecule has 1 aromatic carbocycles. The van der Waals surface area contributed by atoms with Gasteiger partial charge in [0.05, 0.1) is 18.2 Å². The Balaban J connectivity index is 3.36. The summed E-state index contributed by atoms with van der Waals surface area (Å²) in [5.74, 6) is -1.66. The van der Waals surface area contributed by atoms with Gasteiger partial charge in [-0.05, 0) is 6.07 Å². The number of phenolic OH excluding ortho intramolecular Hbond substituents is 2. The zero-order valence-electron chi connectivity index (χ0n) is 7.31. The molecule has 0 aliphatic heterocycles. The molecule has 0 radical (unpaired) electrons. The van der Waals surface area contributed by atoms with Crippen molar-refractivity contribution in [1.82, 2.24) is 0 Å². The maximum atomic E-state index is 11.1. The van der Waals surface area contributed by atoms with Crippen molar-refractivity contribution in [2.75, 3.05) is 7.11 Å². The van der Waals surface area contributed by atoms with Gasteiger partial charge in [0.25, 0.3) is 0 Å². The van der Waals surface area contributed by atoms with E-state index in [9.17, 15) is 4.79 Å². The lowest BCUT2D eigenvalue weighted by molar-refractivity contribution is 0.0600. The smallest absolute Gasteiger partial charge is 0.339 e. The van der Waals surface area contributed by atoms with E-state index >= 15 is 0 Å². The molecular formula is C9H7NO4. The number of ether oxygens (including phenoxy) is 1. The summed E-state index contributed by atoms with van der Waals surface area (Å²) >= 11 is 0. The molecule has 0 amide bonds. The van der Waals surface area contributed by atoms with Gasteiger partial charge in [0.2, 0.25) is 0 Å². The average Bonchev–Trinajstić information content (AvgIpc) is 2.20. The second-order valence-corrected chi connectivity index (χ2v) is 2.49. The highest BCUT2D eigenvalue weighted by molar-refractivity contribution is 5.93. The number of nitriles is 1. The van der Waals surface area contributed by atoms with E-state index in [1.54, 1.807) is 6.07 Å². The third kappa shape index (κ3) is 1.59. The molecule has 0 fully saturated rings. The van der Waals surface area contributed by atoms with Crippen LogP contribution in [0.1, 0.15) is 15.9 Å². The minimum Gasteiger partial charge on any atom is -0.504 e. The van der Waals surface area contributed by atoms with Crippen LogP contribution in [0.2, 0.25) is 0 Å². The number of aromatic hydroxyl groups is 2. The average molecular weight is 193 g/mol. The second-order valence-electron chi connectivity index (χ2n) is 2.49. The molecule has 5 nitrogen and oxygen atoms in total. The molecule has 2 N–H and O–H groups in total. The molecule has 0 spiro atoms. The van der Waals surface area contributed by atoms with Gasteiger partial charge < -0.3 is 14.9 Å². The van der Waals surface area contributed by atoms with Gasteiger partial charge in [-0.2, -0.15) is 5.26 Å². The quantitative estimate of drug-likeness (QED) is 0.507. The first-order chi connectivity index (χ1) is 6.60. The summed E-state index contributed by atoms with van der Waals surface area (Å²) in [6, 6.07) is 3.69. The molecule has 0 aliphatic carbocycles. The van der Waals surface area contributed by atoms with Crippen molar-refractivity contribution in [3.63, 3.8) is 0 Å². The van der Waals surface area contributed by atoms with Crippen LogP contribution in [0, 0.1) is 11.3 Å². The van der Waals surface area contributed by atoms with Gasteiger partial charge in [0, 0.05) is 6.07 Å². The molecule has 0 atom stereocenters. The Morgan fingerprint density at radius 2 is 2.00 bits per heavy atom. The van der Waals surface area contributed by atoms with Crippen LogP contribution >= 0.6 is 0 Å². The molecule has 0 aromatic heterocycles. The predicted octanol–water partition coefficient (Wildman–Crippen LogP) is 0.756. The molecule has 1 aromatic rings. The number of carbonyl (C=O) groups is 1. The minimum atomic E-state index is -0.739. The van der Waals surface area contributed by atoms with Crippen molar-refractivity contribution in [2.24, 2.45) is 0 Å². The van der Waals surface area contributed by atoms with Crippen molar-refractivity contribution < 1.29 is 19.7 Å². The number of hydrogen-bond acceptors (Lipinski definition) is 5. The Labute approximate surface area is 79.8 Å². The number of nitrogens with zero attached hydrogens (tertiary/aromatic N) is 1. The summed E-state index contributed by atoms with van der Waals surface area (Å²) < 4.78 is 4.39. The van der Waals surface area contributed by atoms with Crippen LogP contribution in [0.25, 0.3) is 0 Å². The topological polar surface area (TPSA) is 90.6 Å². The molecule has 0 aliphatic rings. The van der Waals surface area contributed by atoms with Gasteiger partial charge in [0.15, 0.2) is 11.5 Å². The zero-order chi connectivity index (χ0) is 10.7. The largest absolute Gasteiger partial charge is 0.504 e. The first-order valence-electron chi connectivity index (χ1n) is 3.64. The lowest BCUT2D eigenvalue weighted by Gasteiger charge is -2.03. The van der Waals surface area contributed by atoms with E-state index in [4.69, 9.17) is 15.5 Å². The second kappa shape index (κ2) is 3.66. The zero-order valence-corrected chi connectivity index (χ0v) is 7.31. The van der Waals surface area contributed by atoms with Crippen LogP contribution in [0.4, 0.5) is 0 Å². The van der Waals surface area contributed by atoms with Crippen molar-refractivity contribution in [1.29, 1.82) is 5.26 Å². The van der Waals surface area contributed by atoms with Crippen LogP contribution in [0.15, 0.2) is 12.1 Å². The molecule has 0 saturated heterocycles. The molecule has 14 heavy (non-hydrogen) atoms. The van der Waals surface area contributed by atoms with Crippen LogP contribution in [0.5, 0.6) is 11.5 Å². The standard InChI is InChI=1S/C9H7NO4/c1-14-9(13)6-3-8(12)7(11)2-5(6)4-10/h2-3,11-12H,1H3. The van der Waals surface area contributed by atoms with Gasteiger partial charge in [-0.3, -0.25) is 0 Å². The van der Waals surface area contributed by atoms with Crippen LogP contribution in [-0.4, -0.2) is 23.3 Å². The SMILES string of the molecule is COC(=O)c1cc(O)c(O)cc1C#N. The van der Waals surface area contributed by atoms with E-state index in [-0.39, 0.29) is 11.1 Å². The Kier molecular flexibility index (Phi) is 2.58. The van der Waals surface area contributed by atoms with Crippen molar-refractivity contribution in [2.45, 2.75) is 0 Å². The van der Waals surface area contributed by atoms with E-state index < -0.39 is 17.5 Å². The molecule has 5 heteroatoms. The van der Waals surface area contributed by atoms with Crippen LogP contribution < -0.4 is 0 Å². The van der Waals surface area contributed by atoms with Crippen molar-refractivity contribution in [3.8, 4) is 17.6 Å². The van der Waals surface area contributed by atoms with Crippen LogP contribution in [-0.2, 0) is 4.74 Å². The van der Waals surface area contributed by atoms with E-state index in [1.165, 1.54) is 0 Å². The monoisotopic (exact) mass is 193 g/mol. The number of phenols is 2. The van der Waals surface area contributed by atoms with Crippen molar-refractivity contribution >= 4 is 5.97 Å². The number of hydrogen-bond donors (Lipinski definition) is 2. The Morgan fingerprint density at radius 3 is 2.50 bits per heavy atom. The third-order valence-electron chi connectivity index (χ3n) is 1.64. The first kappa shape index (κ1) is 9.86.